The fourth-order valence-electron chi connectivity index (χ4n) is 1.87. The number of nitrogens with one attached hydrogen (secondary N) is 3. The molecule has 0 saturated heterocycles. The SMILES string of the molecule is CCNc1nc(Nc2ccc(F)c(Br)c2)c2[nH]cnc2n1. The van der Waals surface area contributed by atoms with Crippen molar-refractivity contribution in [2.75, 3.05) is 17.2 Å². The van der Waals surface area contributed by atoms with Crippen molar-refractivity contribution < 1.29 is 4.39 Å². The van der Waals surface area contributed by atoms with Gasteiger partial charge in [-0.1, -0.05) is 0 Å². The van der Waals surface area contributed by atoms with Crippen molar-refractivity contribution in [2.45, 2.75) is 6.92 Å². The van der Waals surface area contributed by atoms with Crippen molar-refractivity contribution >= 4 is 44.5 Å². The van der Waals surface area contributed by atoms with Gasteiger partial charge in [0.05, 0.1) is 10.8 Å². The summed E-state index contributed by atoms with van der Waals surface area (Å²) in [5, 5.41) is 6.19. The molecule has 0 aliphatic heterocycles. The minimum atomic E-state index is -0.316. The van der Waals surface area contributed by atoms with E-state index in [1.54, 1.807) is 18.5 Å². The Bertz CT molecular complexity index is 787. The van der Waals surface area contributed by atoms with Crippen LogP contribution >= 0.6 is 15.9 Å². The van der Waals surface area contributed by atoms with E-state index in [0.29, 0.717) is 39.6 Å². The summed E-state index contributed by atoms with van der Waals surface area (Å²) in [5.74, 6) is 0.746. The van der Waals surface area contributed by atoms with Crippen LogP contribution in [0.15, 0.2) is 29.0 Å². The van der Waals surface area contributed by atoms with Crippen molar-refractivity contribution in [1.29, 1.82) is 0 Å². The maximum Gasteiger partial charge on any atom is 0.226 e. The van der Waals surface area contributed by atoms with E-state index in [4.69, 9.17) is 0 Å². The minimum absolute atomic E-state index is 0.316. The summed E-state index contributed by atoms with van der Waals surface area (Å²) in [5.41, 5.74) is 1.96. The third-order valence-corrected chi connectivity index (χ3v) is 3.41. The molecule has 6 nitrogen and oxygen atoms in total. The van der Waals surface area contributed by atoms with Gasteiger partial charge < -0.3 is 15.6 Å². The number of rotatable bonds is 4. The first-order valence-corrected chi connectivity index (χ1v) is 7.13. The van der Waals surface area contributed by atoms with E-state index in [0.717, 1.165) is 0 Å². The average molecular weight is 351 g/mol. The topological polar surface area (TPSA) is 78.5 Å². The zero-order valence-electron chi connectivity index (χ0n) is 11.1. The van der Waals surface area contributed by atoms with E-state index in [-0.39, 0.29) is 5.82 Å². The second-order valence-corrected chi connectivity index (χ2v) is 5.14. The number of hydrogen-bond donors (Lipinski definition) is 3. The average Bonchev–Trinajstić information content (AvgIpc) is 2.92. The van der Waals surface area contributed by atoms with Gasteiger partial charge in [-0.3, -0.25) is 0 Å². The van der Waals surface area contributed by atoms with Crippen LogP contribution in [0.1, 0.15) is 6.92 Å². The molecule has 108 valence electrons. The highest BCUT2D eigenvalue weighted by Crippen LogP contribution is 2.25. The van der Waals surface area contributed by atoms with Crippen molar-refractivity contribution in [2.24, 2.45) is 0 Å². The molecular weight excluding hydrogens is 339 g/mol. The van der Waals surface area contributed by atoms with Crippen LogP contribution in [0.25, 0.3) is 11.2 Å². The van der Waals surface area contributed by atoms with Crippen molar-refractivity contribution in [3.8, 4) is 0 Å². The van der Waals surface area contributed by atoms with Gasteiger partial charge >= 0.3 is 0 Å². The Morgan fingerprint density at radius 2 is 2.19 bits per heavy atom. The van der Waals surface area contributed by atoms with Crippen LogP contribution in [-0.2, 0) is 0 Å². The maximum absolute atomic E-state index is 13.3. The van der Waals surface area contributed by atoms with Crippen LogP contribution in [-0.4, -0.2) is 26.5 Å². The van der Waals surface area contributed by atoms with Gasteiger partial charge in [0.1, 0.15) is 11.3 Å². The Labute approximate surface area is 128 Å². The molecule has 3 rings (SSSR count). The molecule has 0 amide bonds. The third-order valence-electron chi connectivity index (χ3n) is 2.80. The predicted molar refractivity (Wildman–Crippen MR) is 83.2 cm³/mol. The Hall–Kier alpha value is -2.22. The predicted octanol–water partition coefficient (Wildman–Crippen LogP) is 3.43. The molecule has 0 aliphatic carbocycles. The molecule has 0 bridgehead atoms. The lowest BCUT2D eigenvalue weighted by Crippen LogP contribution is -2.05. The molecule has 2 aromatic heterocycles. The number of benzene rings is 1. The Morgan fingerprint density at radius 1 is 1.33 bits per heavy atom. The van der Waals surface area contributed by atoms with Crippen molar-refractivity contribution in [3.63, 3.8) is 0 Å². The third kappa shape index (κ3) is 2.80. The van der Waals surface area contributed by atoms with E-state index < -0.39 is 0 Å². The van der Waals surface area contributed by atoms with Crippen molar-refractivity contribution in [1.82, 2.24) is 19.9 Å². The largest absolute Gasteiger partial charge is 0.354 e. The van der Waals surface area contributed by atoms with Gasteiger partial charge in [0.15, 0.2) is 11.5 Å². The lowest BCUT2D eigenvalue weighted by molar-refractivity contribution is 0.621. The van der Waals surface area contributed by atoms with Gasteiger partial charge in [-0.25, -0.2) is 9.37 Å². The van der Waals surface area contributed by atoms with E-state index in [1.165, 1.54) is 6.07 Å². The molecule has 21 heavy (non-hydrogen) atoms. The quantitative estimate of drug-likeness (QED) is 0.671. The first-order valence-electron chi connectivity index (χ1n) is 6.34. The van der Waals surface area contributed by atoms with Crippen LogP contribution in [0.4, 0.5) is 21.8 Å². The highest BCUT2D eigenvalue weighted by Gasteiger charge is 2.10. The smallest absolute Gasteiger partial charge is 0.226 e. The normalized spacial score (nSPS) is 10.8. The van der Waals surface area contributed by atoms with Crippen LogP contribution < -0.4 is 10.6 Å². The number of imidazole rings is 1. The van der Waals surface area contributed by atoms with E-state index in [9.17, 15) is 4.39 Å². The van der Waals surface area contributed by atoms with Crippen LogP contribution in [0.5, 0.6) is 0 Å². The number of aromatic amines is 1. The summed E-state index contributed by atoms with van der Waals surface area (Å²) in [7, 11) is 0. The number of aromatic nitrogens is 4. The van der Waals surface area contributed by atoms with Gasteiger partial charge in [0, 0.05) is 12.2 Å². The van der Waals surface area contributed by atoms with Crippen LogP contribution in [0.3, 0.4) is 0 Å². The van der Waals surface area contributed by atoms with Crippen LogP contribution in [0.2, 0.25) is 0 Å². The zero-order valence-corrected chi connectivity index (χ0v) is 12.7. The van der Waals surface area contributed by atoms with Gasteiger partial charge in [0.2, 0.25) is 5.95 Å². The fraction of sp³-hybridized carbons (Fsp3) is 0.154. The number of anilines is 3. The summed E-state index contributed by atoms with van der Waals surface area (Å²) in [4.78, 5) is 15.8. The second kappa shape index (κ2) is 5.65. The minimum Gasteiger partial charge on any atom is -0.354 e. The standard InChI is InChI=1S/C13H12BrFN6/c1-2-16-13-20-11-10(17-6-18-11)12(21-13)19-7-3-4-9(15)8(14)5-7/h3-6H,2H2,1H3,(H3,16,17,18,19,20,21). The lowest BCUT2D eigenvalue weighted by Gasteiger charge is -2.09. The molecule has 0 aliphatic rings. The molecule has 8 heteroatoms. The molecule has 3 aromatic rings. The Balaban J connectivity index is 2.01. The van der Waals surface area contributed by atoms with E-state index in [1.807, 2.05) is 6.92 Å². The molecule has 0 spiro atoms. The molecule has 1 aromatic carbocycles. The van der Waals surface area contributed by atoms with E-state index in [2.05, 4.69) is 46.5 Å². The lowest BCUT2D eigenvalue weighted by atomic mass is 10.3. The maximum atomic E-state index is 13.3. The van der Waals surface area contributed by atoms with Crippen molar-refractivity contribution in [3.05, 3.63) is 34.8 Å². The molecule has 2 heterocycles. The number of nitrogens with zero attached hydrogens (tertiary/aromatic N) is 3. The summed E-state index contributed by atoms with van der Waals surface area (Å²) in [6, 6.07) is 4.66. The second-order valence-electron chi connectivity index (χ2n) is 4.28. The number of hydrogen-bond acceptors (Lipinski definition) is 5. The zero-order chi connectivity index (χ0) is 14.8. The fourth-order valence-corrected chi connectivity index (χ4v) is 2.25. The molecule has 0 saturated carbocycles. The molecular formula is C13H12BrFN6. The molecule has 0 unspecified atom stereocenters. The van der Waals surface area contributed by atoms with Gasteiger partial charge in [-0.2, -0.15) is 9.97 Å². The summed E-state index contributed by atoms with van der Waals surface area (Å²) >= 11 is 3.16. The molecule has 0 radical (unpaired) electrons. The Kier molecular flexibility index (Phi) is 3.70. The highest BCUT2D eigenvalue weighted by atomic mass is 79.9. The molecule has 3 N–H and O–H groups in total. The summed E-state index contributed by atoms with van der Waals surface area (Å²) in [6.07, 6.45) is 1.56. The highest BCUT2D eigenvalue weighted by molar-refractivity contribution is 9.10. The van der Waals surface area contributed by atoms with Crippen LogP contribution in [0, 0.1) is 5.82 Å². The number of H-pyrrole nitrogens is 1. The van der Waals surface area contributed by atoms with Gasteiger partial charge in [-0.05, 0) is 41.1 Å². The van der Waals surface area contributed by atoms with E-state index >= 15 is 0 Å². The monoisotopic (exact) mass is 350 g/mol. The molecule has 0 atom stereocenters. The van der Waals surface area contributed by atoms with Gasteiger partial charge in [-0.15, -0.1) is 0 Å². The number of fused-ring (bicyclic) bond motifs is 1. The summed E-state index contributed by atoms with van der Waals surface area (Å²) in [6.45, 7) is 2.67. The van der Waals surface area contributed by atoms with Gasteiger partial charge in [0.25, 0.3) is 0 Å². The number of halogens is 2. The first kappa shape index (κ1) is 13.7. The molecule has 0 fully saturated rings. The summed E-state index contributed by atoms with van der Waals surface area (Å²) < 4.78 is 13.7. The Morgan fingerprint density at radius 3 is 2.95 bits per heavy atom. The first-order chi connectivity index (χ1) is 10.2.